The van der Waals surface area contributed by atoms with Crippen molar-refractivity contribution in [3.8, 4) is 11.1 Å². The molecule has 1 unspecified atom stereocenters. The summed E-state index contributed by atoms with van der Waals surface area (Å²) in [7, 11) is 0. The van der Waals surface area contributed by atoms with Crippen LogP contribution in [0.5, 0.6) is 0 Å². The Morgan fingerprint density at radius 3 is 2.03 bits per heavy atom. The van der Waals surface area contributed by atoms with Crippen LogP contribution in [0.1, 0.15) is 42.2 Å². The molecule has 162 valence electrons. The third-order valence-corrected chi connectivity index (χ3v) is 4.69. The van der Waals surface area contributed by atoms with Gasteiger partial charge in [0.1, 0.15) is 11.6 Å². The fraction of sp³-hybridized carbons (Fsp3) is 0.200. The maximum atomic E-state index is 13.7. The van der Waals surface area contributed by atoms with E-state index in [-0.39, 0.29) is 23.8 Å². The number of carboxylic acids is 1. The Labute approximate surface area is 180 Å². The first-order valence-corrected chi connectivity index (χ1v) is 9.81. The number of nitrogens with two attached hydrogens (primary N) is 1. The summed E-state index contributed by atoms with van der Waals surface area (Å²) in [4.78, 5) is 22.7. The van der Waals surface area contributed by atoms with E-state index in [0.717, 1.165) is 12.1 Å². The molecule has 6 heteroatoms. The summed E-state index contributed by atoms with van der Waals surface area (Å²) in [6.45, 7) is 3.44. The summed E-state index contributed by atoms with van der Waals surface area (Å²) in [5, 5.41) is 8.80. The smallest absolute Gasteiger partial charge is 0.306 e. The van der Waals surface area contributed by atoms with Crippen molar-refractivity contribution in [2.75, 3.05) is 0 Å². The van der Waals surface area contributed by atoms with Crippen LogP contribution in [-0.2, 0) is 4.79 Å². The lowest BCUT2D eigenvalue weighted by Gasteiger charge is -2.07. The summed E-state index contributed by atoms with van der Waals surface area (Å²) < 4.78 is 26.6. The van der Waals surface area contributed by atoms with Gasteiger partial charge in [0.05, 0.1) is 5.92 Å². The molecular weight excluding hydrogens is 400 g/mol. The maximum Gasteiger partial charge on any atom is 0.306 e. The standard InChI is InChI=1S/C17H14F2O3.C8H11N/c1-10(17(21)22)8-16(20)12-4-2-11(3-5-12)14-7-6-13(18)9-15(14)19;1-7(9)8-5-3-2-4-6-8/h2-7,9-10H,8H2,1H3,(H,21,22);2-7H,9H2,1H3/t;7-/m.1/s1. The number of hydrogen-bond acceptors (Lipinski definition) is 3. The summed E-state index contributed by atoms with van der Waals surface area (Å²) in [5.74, 6) is -3.42. The predicted octanol–water partition coefficient (Wildman–Crippen LogP) is 5.63. The number of rotatable bonds is 6. The second-order valence-electron chi connectivity index (χ2n) is 7.27. The number of ketones is 1. The van der Waals surface area contributed by atoms with E-state index in [4.69, 9.17) is 10.8 Å². The summed E-state index contributed by atoms with van der Waals surface area (Å²) in [6, 6.07) is 19.6. The van der Waals surface area contributed by atoms with Crippen molar-refractivity contribution >= 4 is 11.8 Å². The second kappa shape index (κ2) is 11.1. The monoisotopic (exact) mass is 425 g/mol. The number of Topliss-reactive ketones (excluding diaryl/α,β-unsaturated/α-hetero) is 1. The van der Waals surface area contributed by atoms with Gasteiger partial charge in [-0.05, 0) is 30.2 Å². The Kier molecular flexibility index (Phi) is 8.58. The van der Waals surface area contributed by atoms with Gasteiger partial charge >= 0.3 is 5.97 Å². The highest BCUT2D eigenvalue weighted by Crippen LogP contribution is 2.24. The number of hydrogen-bond donors (Lipinski definition) is 2. The van der Waals surface area contributed by atoms with E-state index in [0.29, 0.717) is 11.1 Å². The molecule has 0 aromatic heterocycles. The highest BCUT2D eigenvalue weighted by Gasteiger charge is 2.17. The number of benzene rings is 3. The van der Waals surface area contributed by atoms with Crippen molar-refractivity contribution < 1.29 is 23.5 Å². The Bertz CT molecular complexity index is 1020. The second-order valence-corrected chi connectivity index (χ2v) is 7.27. The molecule has 4 nitrogen and oxygen atoms in total. The maximum absolute atomic E-state index is 13.7. The van der Waals surface area contributed by atoms with Crippen molar-refractivity contribution in [2.24, 2.45) is 11.7 Å². The molecule has 31 heavy (non-hydrogen) atoms. The molecule has 3 N–H and O–H groups in total. The molecule has 0 aliphatic carbocycles. The van der Waals surface area contributed by atoms with E-state index >= 15 is 0 Å². The number of aliphatic carboxylic acids is 1. The van der Waals surface area contributed by atoms with E-state index in [2.05, 4.69) is 0 Å². The SMILES string of the molecule is CC(CC(=O)c1ccc(-c2ccc(F)cc2F)cc1)C(=O)O.C[C@@H](N)c1ccccc1. The molecule has 0 aliphatic rings. The highest BCUT2D eigenvalue weighted by molar-refractivity contribution is 5.98. The summed E-state index contributed by atoms with van der Waals surface area (Å²) >= 11 is 0. The number of halogens is 2. The first-order chi connectivity index (χ1) is 14.7. The fourth-order valence-electron chi connectivity index (χ4n) is 2.80. The number of carbonyl (C=O) groups is 2. The highest BCUT2D eigenvalue weighted by atomic mass is 19.1. The quantitative estimate of drug-likeness (QED) is 0.502. The fourth-order valence-corrected chi connectivity index (χ4v) is 2.80. The van der Waals surface area contributed by atoms with Gasteiger partial charge in [-0.3, -0.25) is 9.59 Å². The summed E-state index contributed by atoms with van der Waals surface area (Å²) in [5.41, 5.74) is 7.92. The van der Waals surface area contributed by atoms with Gasteiger partial charge in [-0.15, -0.1) is 0 Å². The first kappa shape index (κ1) is 23.9. The zero-order valence-corrected chi connectivity index (χ0v) is 17.4. The zero-order valence-electron chi connectivity index (χ0n) is 17.4. The molecule has 3 aromatic carbocycles. The normalized spacial score (nSPS) is 12.3. The van der Waals surface area contributed by atoms with Crippen molar-refractivity contribution in [1.29, 1.82) is 0 Å². The zero-order chi connectivity index (χ0) is 23.0. The van der Waals surface area contributed by atoms with Crippen LogP contribution in [-0.4, -0.2) is 16.9 Å². The van der Waals surface area contributed by atoms with Crippen molar-refractivity contribution in [2.45, 2.75) is 26.3 Å². The van der Waals surface area contributed by atoms with Crippen LogP contribution < -0.4 is 5.73 Å². The van der Waals surface area contributed by atoms with Crippen LogP contribution in [0, 0.1) is 17.6 Å². The van der Waals surface area contributed by atoms with Crippen molar-refractivity contribution in [3.05, 3.63) is 95.6 Å². The van der Waals surface area contributed by atoms with Gasteiger partial charge in [-0.2, -0.15) is 0 Å². The van der Waals surface area contributed by atoms with E-state index in [1.807, 2.05) is 37.3 Å². The topological polar surface area (TPSA) is 80.4 Å². The molecule has 0 fully saturated rings. The first-order valence-electron chi connectivity index (χ1n) is 9.81. The molecular formula is C25H25F2NO3. The minimum absolute atomic E-state index is 0.0976. The van der Waals surface area contributed by atoms with Gasteiger partial charge in [-0.1, -0.05) is 61.5 Å². The predicted molar refractivity (Wildman–Crippen MR) is 117 cm³/mol. The van der Waals surface area contributed by atoms with Crippen LogP contribution >= 0.6 is 0 Å². The molecule has 3 rings (SSSR count). The molecule has 0 amide bonds. The van der Waals surface area contributed by atoms with Gasteiger partial charge < -0.3 is 10.8 Å². The van der Waals surface area contributed by atoms with Crippen LogP contribution in [0.25, 0.3) is 11.1 Å². The Balaban J connectivity index is 0.000000316. The van der Waals surface area contributed by atoms with E-state index in [1.165, 1.54) is 30.7 Å². The molecule has 3 aromatic rings. The van der Waals surface area contributed by atoms with Crippen LogP contribution in [0.3, 0.4) is 0 Å². The molecule has 0 spiro atoms. The molecule has 0 radical (unpaired) electrons. The van der Waals surface area contributed by atoms with Crippen molar-refractivity contribution in [3.63, 3.8) is 0 Å². The number of carboxylic acid groups (broad SMARTS) is 1. The van der Waals surface area contributed by atoms with Gasteiger partial charge in [0, 0.05) is 29.7 Å². The third-order valence-electron chi connectivity index (χ3n) is 4.69. The lowest BCUT2D eigenvalue weighted by Crippen LogP contribution is -2.14. The largest absolute Gasteiger partial charge is 0.481 e. The molecule has 0 saturated carbocycles. The Morgan fingerprint density at radius 1 is 0.935 bits per heavy atom. The van der Waals surface area contributed by atoms with Crippen LogP contribution in [0.2, 0.25) is 0 Å². The van der Waals surface area contributed by atoms with E-state index in [9.17, 15) is 18.4 Å². The van der Waals surface area contributed by atoms with E-state index in [1.54, 1.807) is 12.1 Å². The van der Waals surface area contributed by atoms with Crippen LogP contribution in [0.15, 0.2) is 72.8 Å². The average Bonchev–Trinajstić information content (AvgIpc) is 2.75. The summed E-state index contributed by atoms with van der Waals surface area (Å²) in [6.07, 6.45) is -0.0976. The minimum Gasteiger partial charge on any atom is -0.481 e. The average molecular weight is 425 g/mol. The van der Waals surface area contributed by atoms with Gasteiger partial charge in [0.25, 0.3) is 0 Å². The lowest BCUT2D eigenvalue weighted by molar-refractivity contribution is -0.141. The molecule has 0 bridgehead atoms. The number of carbonyl (C=O) groups excluding carboxylic acids is 1. The van der Waals surface area contributed by atoms with Crippen LogP contribution in [0.4, 0.5) is 8.78 Å². The van der Waals surface area contributed by atoms with Gasteiger partial charge in [0.15, 0.2) is 5.78 Å². The van der Waals surface area contributed by atoms with E-state index < -0.39 is 23.5 Å². The molecule has 0 heterocycles. The molecule has 2 atom stereocenters. The van der Waals surface area contributed by atoms with Gasteiger partial charge in [-0.25, -0.2) is 8.78 Å². The molecule has 0 saturated heterocycles. The third kappa shape index (κ3) is 7.12. The van der Waals surface area contributed by atoms with Crippen molar-refractivity contribution in [1.82, 2.24) is 0 Å². The lowest BCUT2D eigenvalue weighted by atomic mass is 9.97. The van der Waals surface area contributed by atoms with Gasteiger partial charge in [0.2, 0.25) is 0 Å². The Hall–Kier alpha value is -3.38. The molecule has 0 aliphatic heterocycles. The minimum atomic E-state index is -1.03. The Morgan fingerprint density at radius 2 is 1.55 bits per heavy atom.